The molecule has 0 radical (unpaired) electrons. The normalized spacial score (nSPS) is 11.8. The largest absolute Gasteiger partial charge is 0.228 e. The van der Waals surface area contributed by atoms with Crippen LogP contribution >= 0.6 is 11.3 Å². The molecule has 47 heavy (non-hydrogen) atoms. The van der Waals surface area contributed by atoms with Crippen molar-refractivity contribution in [1.29, 1.82) is 0 Å². The molecule has 0 N–H and O–H groups in total. The number of para-hydroxylation sites is 1. The summed E-state index contributed by atoms with van der Waals surface area (Å²) in [6, 6.07) is 57.2. The Morgan fingerprint density at radius 1 is 0.362 bits per heavy atom. The van der Waals surface area contributed by atoms with E-state index in [1.165, 1.54) is 58.6 Å². The molecule has 0 aliphatic carbocycles. The number of nitrogens with zero attached hydrogens (tertiary/aromatic N) is 2. The third-order valence-corrected chi connectivity index (χ3v) is 10.5. The van der Waals surface area contributed by atoms with Crippen molar-refractivity contribution in [2.75, 3.05) is 0 Å². The van der Waals surface area contributed by atoms with Gasteiger partial charge in [-0.1, -0.05) is 103 Å². The standard InChI is InChI=1S/C44H26N2S/c1-2-9-27(10-3-1)28-11-6-12-29(21-28)33-23-34-25-35(24-33)31-19-20-40-38(26-31)42-37(16-8-18-41(42)47-40)44-45-39-17-5-4-15-36(39)43(46-44)32-14-7-13-30(34)22-32/h1-26H. The van der Waals surface area contributed by atoms with Crippen molar-refractivity contribution in [3.63, 3.8) is 0 Å². The second-order valence-corrected chi connectivity index (χ2v) is 13.3. The Morgan fingerprint density at radius 3 is 1.94 bits per heavy atom. The molecule has 2 nitrogen and oxygen atoms in total. The van der Waals surface area contributed by atoms with Gasteiger partial charge >= 0.3 is 0 Å². The Balaban J connectivity index is 1.40. The average Bonchev–Trinajstić information content (AvgIpc) is 3.53. The fourth-order valence-corrected chi connectivity index (χ4v) is 8.20. The van der Waals surface area contributed by atoms with E-state index in [-0.39, 0.29) is 0 Å². The molecule has 0 unspecified atom stereocenters. The molecule has 0 saturated carbocycles. The average molecular weight is 615 g/mol. The zero-order chi connectivity index (χ0) is 30.9. The molecule has 0 spiro atoms. The zero-order valence-electron chi connectivity index (χ0n) is 25.3. The minimum Gasteiger partial charge on any atom is -0.228 e. The maximum absolute atomic E-state index is 5.32. The van der Waals surface area contributed by atoms with E-state index in [0.29, 0.717) is 0 Å². The van der Waals surface area contributed by atoms with Crippen molar-refractivity contribution in [2.45, 2.75) is 0 Å². The molecule has 8 bridgehead atoms. The van der Waals surface area contributed by atoms with Crippen LogP contribution in [-0.4, -0.2) is 9.97 Å². The van der Waals surface area contributed by atoms with Gasteiger partial charge in [0.25, 0.3) is 0 Å². The number of thiophene rings is 1. The monoisotopic (exact) mass is 614 g/mol. The lowest BCUT2D eigenvalue weighted by Crippen LogP contribution is -1.88. The summed E-state index contributed by atoms with van der Waals surface area (Å²) in [6.45, 7) is 0. The summed E-state index contributed by atoms with van der Waals surface area (Å²) < 4.78 is 2.51. The number of fused-ring (bicyclic) bond motifs is 13. The van der Waals surface area contributed by atoms with Crippen molar-refractivity contribution in [1.82, 2.24) is 9.97 Å². The summed E-state index contributed by atoms with van der Waals surface area (Å²) in [5.41, 5.74) is 7.48. The van der Waals surface area contributed by atoms with Gasteiger partial charge in [0, 0.05) is 36.3 Å². The van der Waals surface area contributed by atoms with Crippen molar-refractivity contribution >= 4 is 85.9 Å². The van der Waals surface area contributed by atoms with Crippen molar-refractivity contribution in [3.05, 3.63) is 158 Å². The minimum atomic E-state index is 0.760. The number of benzene rings is 7. The molecule has 7 aromatic carbocycles. The Hall–Kier alpha value is -5.90. The van der Waals surface area contributed by atoms with Crippen LogP contribution in [0.15, 0.2) is 158 Å². The highest BCUT2D eigenvalue weighted by atomic mass is 32.1. The van der Waals surface area contributed by atoms with Crippen LogP contribution in [0.25, 0.3) is 96.8 Å². The number of aromatic nitrogens is 2. The smallest absolute Gasteiger partial charge is 0.161 e. The second-order valence-electron chi connectivity index (χ2n) is 12.2. The zero-order valence-corrected chi connectivity index (χ0v) is 26.1. The SMILES string of the molecule is c1ccc(-c2cccc(-c3cc4cc(c3)c3ccc5sc6cccc(c7nc8ccccc8c(n7)c7cccc4c7)c6c5c3)c2)cc1. The third-order valence-electron chi connectivity index (χ3n) is 9.38. The lowest BCUT2D eigenvalue weighted by Gasteiger charge is -2.09. The summed E-state index contributed by atoms with van der Waals surface area (Å²) >= 11 is 1.83. The van der Waals surface area contributed by atoms with Gasteiger partial charge in [-0.2, -0.15) is 0 Å². The molecule has 0 atom stereocenters. The Kier molecular flexibility index (Phi) is 5.78. The maximum atomic E-state index is 5.32. The van der Waals surface area contributed by atoms with Crippen molar-refractivity contribution in [2.24, 2.45) is 0 Å². The van der Waals surface area contributed by atoms with Crippen LogP contribution in [-0.2, 0) is 0 Å². The first kappa shape index (κ1) is 26.3. The number of hydrogen-bond acceptors (Lipinski definition) is 3. The molecule has 0 amide bonds. The highest BCUT2D eigenvalue weighted by molar-refractivity contribution is 7.26. The van der Waals surface area contributed by atoms with Gasteiger partial charge in [-0.05, 0) is 98.4 Å². The lowest BCUT2D eigenvalue weighted by atomic mass is 9.96. The van der Waals surface area contributed by atoms with Crippen LogP contribution < -0.4 is 0 Å². The molecule has 3 heterocycles. The first-order valence-corrected chi connectivity index (χ1v) is 16.7. The number of rotatable bonds is 2. The van der Waals surface area contributed by atoms with Crippen LogP contribution in [0, 0.1) is 0 Å². The van der Waals surface area contributed by atoms with Crippen LogP contribution in [0.3, 0.4) is 0 Å². The topological polar surface area (TPSA) is 25.8 Å². The lowest BCUT2D eigenvalue weighted by molar-refractivity contribution is 1.38. The van der Waals surface area contributed by atoms with Gasteiger partial charge in [-0.3, -0.25) is 0 Å². The van der Waals surface area contributed by atoms with Crippen LogP contribution in [0.4, 0.5) is 0 Å². The van der Waals surface area contributed by atoms with Gasteiger partial charge in [0.2, 0.25) is 0 Å². The molecule has 3 aromatic heterocycles. The summed E-state index contributed by atoms with van der Waals surface area (Å²) in [4.78, 5) is 10.5. The fraction of sp³-hybridized carbons (Fsp3) is 0. The van der Waals surface area contributed by atoms with Crippen LogP contribution in [0.2, 0.25) is 0 Å². The molecular weight excluding hydrogens is 589 g/mol. The Bertz CT molecular complexity index is 2900. The molecule has 0 aliphatic rings. The molecular formula is C44H26N2S. The second kappa shape index (κ2) is 10.3. The van der Waals surface area contributed by atoms with Crippen molar-refractivity contribution in [3.8, 4) is 22.3 Å². The summed E-state index contributed by atoms with van der Waals surface area (Å²) in [5.74, 6) is 0. The van der Waals surface area contributed by atoms with Gasteiger partial charge in [-0.15, -0.1) is 11.3 Å². The molecule has 0 saturated heterocycles. The maximum Gasteiger partial charge on any atom is 0.161 e. The molecule has 0 aliphatic heterocycles. The van der Waals surface area contributed by atoms with Gasteiger partial charge in [0.05, 0.1) is 11.0 Å². The van der Waals surface area contributed by atoms with E-state index in [4.69, 9.17) is 9.97 Å². The molecule has 0 fully saturated rings. The van der Waals surface area contributed by atoms with E-state index in [9.17, 15) is 0 Å². The van der Waals surface area contributed by atoms with E-state index in [0.717, 1.165) is 38.2 Å². The first-order valence-electron chi connectivity index (χ1n) is 15.9. The molecule has 218 valence electrons. The van der Waals surface area contributed by atoms with Crippen molar-refractivity contribution < 1.29 is 0 Å². The molecule has 10 rings (SSSR count). The van der Waals surface area contributed by atoms with Gasteiger partial charge < -0.3 is 0 Å². The summed E-state index contributed by atoms with van der Waals surface area (Å²) in [7, 11) is 0. The minimum absolute atomic E-state index is 0.760. The van der Waals surface area contributed by atoms with E-state index in [1.54, 1.807) is 0 Å². The molecule has 10 aromatic rings. The highest BCUT2D eigenvalue weighted by Gasteiger charge is 2.12. The Morgan fingerprint density at radius 2 is 1.04 bits per heavy atom. The van der Waals surface area contributed by atoms with Crippen LogP contribution in [0.5, 0.6) is 0 Å². The quantitative estimate of drug-likeness (QED) is 0.194. The van der Waals surface area contributed by atoms with E-state index in [1.807, 2.05) is 11.3 Å². The van der Waals surface area contributed by atoms with E-state index >= 15 is 0 Å². The van der Waals surface area contributed by atoms with Gasteiger partial charge in [0.15, 0.2) is 5.65 Å². The molecule has 3 heteroatoms. The summed E-state index contributed by atoms with van der Waals surface area (Å²) in [5, 5.41) is 10.4. The summed E-state index contributed by atoms with van der Waals surface area (Å²) in [6.07, 6.45) is 0. The number of hydrogen-bond donors (Lipinski definition) is 0. The van der Waals surface area contributed by atoms with Crippen LogP contribution in [0.1, 0.15) is 0 Å². The van der Waals surface area contributed by atoms with E-state index < -0.39 is 0 Å². The predicted molar refractivity (Wildman–Crippen MR) is 202 cm³/mol. The predicted octanol–water partition coefficient (Wildman–Crippen LogP) is 12.5. The Labute approximate surface area is 274 Å². The highest BCUT2D eigenvalue weighted by Crippen LogP contribution is 2.40. The third kappa shape index (κ3) is 4.32. The fourth-order valence-electron chi connectivity index (χ4n) is 7.09. The van der Waals surface area contributed by atoms with Gasteiger partial charge in [-0.25, -0.2) is 9.97 Å². The van der Waals surface area contributed by atoms with E-state index in [2.05, 4.69) is 158 Å². The first-order chi connectivity index (χ1) is 23.2. The van der Waals surface area contributed by atoms with Gasteiger partial charge in [0.1, 0.15) is 0 Å².